The Morgan fingerprint density at radius 1 is 1.17 bits per heavy atom. The first-order valence-electron chi connectivity index (χ1n) is 13.2. The molecule has 1 saturated heterocycles. The highest BCUT2D eigenvalue weighted by Crippen LogP contribution is 2.35. The predicted octanol–water partition coefficient (Wildman–Crippen LogP) is 6.00. The van der Waals surface area contributed by atoms with Gasteiger partial charge in [0.15, 0.2) is 6.23 Å². The molecule has 1 atom stereocenters. The van der Waals surface area contributed by atoms with E-state index in [-0.39, 0.29) is 12.5 Å². The predicted molar refractivity (Wildman–Crippen MR) is 159 cm³/mol. The van der Waals surface area contributed by atoms with Crippen LogP contribution in [0.5, 0.6) is 11.5 Å². The molecule has 3 heterocycles. The number of nitrogens with one attached hydrogen (secondary N) is 2. The highest BCUT2D eigenvalue weighted by atomic mass is 35.5. The Bertz CT molecular complexity index is 1650. The maximum atomic E-state index is 12.8. The summed E-state index contributed by atoms with van der Waals surface area (Å²) in [6.07, 6.45) is 2.49. The molecule has 2 amide bonds. The van der Waals surface area contributed by atoms with Crippen LogP contribution in [0.3, 0.4) is 0 Å². The Morgan fingerprint density at radius 3 is 2.79 bits per heavy atom. The first-order chi connectivity index (χ1) is 20.3. The van der Waals surface area contributed by atoms with Crippen molar-refractivity contribution in [3.8, 4) is 11.5 Å². The molecule has 0 aliphatic carbocycles. The smallest absolute Gasteiger partial charge is 0.413 e. The lowest BCUT2D eigenvalue weighted by Gasteiger charge is -2.23. The average molecular weight is 589 g/mol. The summed E-state index contributed by atoms with van der Waals surface area (Å²) in [5, 5.41) is 7.00. The van der Waals surface area contributed by atoms with Gasteiger partial charge in [-0.3, -0.25) is 15.1 Å². The van der Waals surface area contributed by atoms with E-state index in [2.05, 4.69) is 32.2 Å². The van der Waals surface area contributed by atoms with E-state index in [1.165, 1.54) is 24.4 Å². The second-order valence-electron chi connectivity index (χ2n) is 9.48. The third-order valence-electron chi connectivity index (χ3n) is 6.61. The summed E-state index contributed by atoms with van der Waals surface area (Å²) in [6.45, 7) is 6.21. The standard InChI is InChI=1S/C30H29ClN6O5/c1-4-27(38)37-12-6-9-28(37)42-30(39)36-24-14-21-23(15-26(24)40-3)32-17-33-29(21)35-19-10-11-25(22(31)13-19)41-16-20-8-5-7-18(2)34-20/h4-5,7-8,10-11,13-15,17,28H,1,6,9,12,16H2,2-3H3,(H,36,39)(H,32,33,35)/t28-/m0/s1. The topological polar surface area (TPSA) is 128 Å². The number of pyridine rings is 1. The molecule has 42 heavy (non-hydrogen) atoms. The van der Waals surface area contributed by atoms with Crippen LogP contribution in [-0.4, -0.2) is 51.7 Å². The molecule has 1 fully saturated rings. The van der Waals surface area contributed by atoms with E-state index in [1.54, 1.807) is 24.3 Å². The molecule has 0 radical (unpaired) electrons. The number of fused-ring (bicyclic) bond motifs is 1. The van der Waals surface area contributed by atoms with Crippen LogP contribution in [0.25, 0.3) is 10.9 Å². The van der Waals surface area contributed by atoms with Gasteiger partial charge in [0.2, 0.25) is 5.91 Å². The normalized spacial score (nSPS) is 14.4. The van der Waals surface area contributed by atoms with Crippen molar-refractivity contribution in [2.45, 2.75) is 32.6 Å². The number of rotatable bonds is 9. The van der Waals surface area contributed by atoms with Crippen molar-refractivity contribution in [1.82, 2.24) is 19.9 Å². The fourth-order valence-corrected chi connectivity index (χ4v) is 4.84. The minimum Gasteiger partial charge on any atom is -0.494 e. The zero-order chi connectivity index (χ0) is 29.6. The van der Waals surface area contributed by atoms with Gasteiger partial charge in [-0.1, -0.05) is 24.2 Å². The zero-order valence-electron chi connectivity index (χ0n) is 23.1. The highest BCUT2D eigenvalue weighted by molar-refractivity contribution is 6.32. The lowest BCUT2D eigenvalue weighted by atomic mass is 10.2. The van der Waals surface area contributed by atoms with Crippen molar-refractivity contribution in [3.63, 3.8) is 0 Å². The molecule has 216 valence electrons. The average Bonchev–Trinajstić information content (AvgIpc) is 3.44. The van der Waals surface area contributed by atoms with Crippen molar-refractivity contribution in [3.05, 3.63) is 83.9 Å². The fraction of sp³-hybridized carbons (Fsp3) is 0.233. The van der Waals surface area contributed by atoms with Gasteiger partial charge in [-0.05, 0) is 55.8 Å². The molecule has 0 spiro atoms. The Balaban J connectivity index is 1.33. The van der Waals surface area contributed by atoms with E-state index in [4.69, 9.17) is 25.8 Å². The van der Waals surface area contributed by atoms with E-state index >= 15 is 0 Å². The summed E-state index contributed by atoms with van der Waals surface area (Å²) in [6, 6.07) is 14.4. The molecule has 1 aliphatic heterocycles. The van der Waals surface area contributed by atoms with Crippen LogP contribution in [-0.2, 0) is 16.1 Å². The molecule has 0 saturated carbocycles. The number of likely N-dealkylation sites (tertiary alicyclic amines) is 1. The fourth-order valence-electron chi connectivity index (χ4n) is 4.61. The summed E-state index contributed by atoms with van der Waals surface area (Å²) < 4.78 is 16.9. The number of methoxy groups -OCH3 is 1. The minimum absolute atomic E-state index is 0.286. The van der Waals surface area contributed by atoms with Crippen molar-refractivity contribution in [1.29, 1.82) is 0 Å². The monoisotopic (exact) mass is 588 g/mol. The van der Waals surface area contributed by atoms with Gasteiger partial charge in [0.05, 0.1) is 29.0 Å². The number of amides is 2. The van der Waals surface area contributed by atoms with Crippen molar-refractivity contribution in [2.75, 3.05) is 24.3 Å². The number of nitrogens with zero attached hydrogens (tertiary/aromatic N) is 4. The summed E-state index contributed by atoms with van der Waals surface area (Å²) in [7, 11) is 1.49. The number of carbonyl (C=O) groups is 2. The number of benzene rings is 2. The molecule has 4 aromatic rings. The zero-order valence-corrected chi connectivity index (χ0v) is 23.9. The van der Waals surface area contributed by atoms with Gasteiger partial charge in [-0.15, -0.1) is 0 Å². The third kappa shape index (κ3) is 6.52. The number of aromatic nitrogens is 3. The second kappa shape index (κ2) is 12.7. The van der Waals surface area contributed by atoms with Crippen LogP contribution >= 0.6 is 11.6 Å². The third-order valence-corrected chi connectivity index (χ3v) is 6.90. The number of carbonyl (C=O) groups excluding carboxylic acids is 2. The number of hydrogen-bond acceptors (Lipinski definition) is 9. The van der Waals surface area contributed by atoms with Gasteiger partial charge in [-0.2, -0.15) is 0 Å². The van der Waals surface area contributed by atoms with E-state index < -0.39 is 12.3 Å². The Morgan fingerprint density at radius 2 is 2.02 bits per heavy atom. The Kier molecular flexibility index (Phi) is 8.68. The Labute approximate surface area is 247 Å². The van der Waals surface area contributed by atoms with Crippen molar-refractivity contribution < 1.29 is 23.8 Å². The first-order valence-corrected chi connectivity index (χ1v) is 13.6. The molecule has 2 aromatic heterocycles. The molecule has 1 aliphatic rings. The highest BCUT2D eigenvalue weighted by Gasteiger charge is 2.30. The summed E-state index contributed by atoms with van der Waals surface area (Å²) in [5.41, 5.74) is 3.30. The van der Waals surface area contributed by atoms with Gasteiger partial charge in [-0.25, -0.2) is 14.8 Å². The SMILES string of the molecule is C=CC(=O)N1CCC[C@@H]1OC(=O)Nc1cc2c(Nc3ccc(OCc4cccc(C)n4)c(Cl)c3)ncnc2cc1OC. The van der Waals surface area contributed by atoms with Crippen LogP contribution in [0.2, 0.25) is 5.02 Å². The number of ether oxygens (including phenoxy) is 3. The van der Waals surface area contributed by atoms with Crippen LogP contribution in [0.15, 0.2) is 67.5 Å². The largest absolute Gasteiger partial charge is 0.494 e. The molecular formula is C30H29ClN6O5. The summed E-state index contributed by atoms with van der Waals surface area (Å²) >= 11 is 6.52. The first kappa shape index (κ1) is 28.6. The van der Waals surface area contributed by atoms with Crippen LogP contribution in [0, 0.1) is 6.92 Å². The molecule has 2 aromatic carbocycles. The number of anilines is 3. The molecular weight excluding hydrogens is 560 g/mol. The van der Waals surface area contributed by atoms with Crippen molar-refractivity contribution >= 4 is 51.7 Å². The molecule has 2 N–H and O–H groups in total. The van der Waals surface area contributed by atoms with E-state index in [0.717, 1.165) is 17.8 Å². The van der Waals surface area contributed by atoms with E-state index in [0.29, 0.717) is 57.6 Å². The van der Waals surface area contributed by atoms with Crippen LogP contribution in [0.1, 0.15) is 24.2 Å². The Hall–Kier alpha value is -4.90. The maximum Gasteiger partial charge on any atom is 0.413 e. The molecule has 0 unspecified atom stereocenters. The number of hydrogen-bond donors (Lipinski definition) is 2. The van der Waals surface area contributed by atoms with Gasteiger partial charge in [0.25, 0.3) is 0 Å². The summed E-state index contributed by atoms with van der Waals surface area (Å²) in [4.78, 5) is 39.5. The number of halogens is 1. The maximum absolute atomic E-state index is 12.8. The molecule has 5 rings (SSSR count). The van der Waals surface area contributed by atoms with Gasteiger partial charge < -0.3 is 24.4 Å². The van der Waals surface area contributed by atoms with E-state index in [1.807, 2.05) is 31.2 Å². The van der Waals surface area contributed by atoms with Gasteiger partial charge in [0.1, 0.15) is 30.3 Å². The number of aryl methyl sites for hydroxylation is 1. The van der Waals surface area contributed by atoms with Crippen molar-refractivity contribution in [2.24, 2.45) is 0 Å². The van der Waals surface area contributed by atoms with Crippen LogP contribution < -0.4 is 20.1 Å². The van der Waals surface area contributed by atoms with Crippen LogP contribution in [0.4, 0.5) is 22.0 Å². The molecule has 0 bridgehead atoms. The lowest BCUT2D eigenvalue weighted by Crippen LogP contribution is -2.38. The lowest BCUT2D eigenvalue weighted by molar-refractivity contribution is -0.132. The quantitative estimate of drug-likeness (QED) is 0.226. The van der Waals surface area contributed by atoms with E-state index in [9.17, 15) is 9.59 Å². The van der Waals surface area contributed by atoms with Gasteiger partial charge >= 0.3 is 6.09 Å². The minimum atomic E-state index is -0.726. The molecule has 12 heteroatoms. The molecule has 11 nitrogen and oxygen atoms in total. The van der Waals surface area contributed by atoms with Gasteiger partial charge in [0, 0.05) is 35.8 Å². The second-order valence-corrected chi connectivity index (χ2v) is 9.89. The summed E-state index contributed by atoms with van der Waals surface area (Å²) in [5.74, 6) is 1.08.